The molecular formula is C5H11FN2. The molecule has 0 unspecified atom stereocenters. The van der Waals surface area contributed by atoms with E-state index >= 15 is 0 Å². The first-order valence-electron chi connectivity index (χ1n) is 2.89. The van der Waals surface area contributed by atoms with Crippen LogP contribution in [-0.2, 0) is 0 Å². The van der Waals surface area contributed by atoms with Gasteiger partial charge in [0, 0.05) is 12.8 Å². The third-order valence-corrected chi connectivity index (χ3v) is 1.43. The molecule has 0 aromatic rings. The van der Waals surface area contributed by atoms with Crippen LogP contribution in [-0.4, -0.2) is 18.9 Å². The molecule has 1 heterocycles. The molecule has 1 aliphatic rings. The first-order valence-corrected chi connectivity index (χ1v) is 2.89. The van der Waals surface area contributed by atoms with E-state index in [0.29, 0.717) is 25.9 Å². The highest BCUT2D eigenvalue weighted by Crippen LogP contribution is 2.14. The zero-order valence-corrected chi connectivity index (χ0v) is 4.78. The lowest BCUT2D eigenvalue weighted by Gasteiger charge is -2.25. The van der Waals surface area contributed by atoms with E-state index in [1.54, 1.807) is 0 Å². The average Bonchev–Trinajstić information content (AvgIpc) is 1.65. The fraction of sp³-hybridized carbons (Fsp3) is 1.00. The minimum Gasteiger partial charge on any atom is -0.316 e. The highest BCUT2D eigenvalue weighted by molar-refractivity contribution is 4.77. The number of hydrogen-bond donors (Lipinski definition) is 2. The summed E-state index contributed by atoms with van der Waals surface area (Å²) >= 11 is 0. The number of halogens is 1. The van der Waals surface area contributed by atoms with Crippen molar-refractivity contribution in [1.82, 2.24) is 5.32 Å². The first-order chi connectivity index (χ1) is 3.71. The van der Waals surface area contributed by atoms with Crippen LogP contribution >= 0.6 is 0 Å². The Morgan fingerprint density at radius 1 is 1.38 bits per heavy atom. The average molecular weight is 118 g/mol. The summed E-state index contributed by atoms with van der Waals surface area (Å²) in [5.74, 6) is -1.38. The third-order valence-electron chi connectivity index (χ3n) is 1.43. The van der Waals surface area contributed by atoms with Crippen molar-refractivity contribution in [2.75, 3.05) is 13.1 Å². The molecule has 1 rings (SSSR count). The van der Waals surface area contributed by atoms with Crippen LogP contribution in [0.15, 0.2) is 0 Å². The Morgan fingerprint density at radius 3 is 2.12 bits per heavy atom. The van der Waals surface area contributed by atoms with Gasteiger partial charge < -0.3 is 5.32 Å². The summed E-state index contributed by atoms with van der Waals surface area (Å²) in [6.45, 7) is 1.43. The summed E-state index contributed by atoms with van der Waals surface area (Å²) in [6.07, 6.45) is 0.903. The maximum absolute atomic E-state index is 12.6. The van der Waals surface area contributed by atoms with Crippen LogP contribution in [0.2, 0.25) is 0 Å². The molecule has 48 valence electrons. The second-order valence-electron chi connectivity index (χ2n) is 2.28. The lowest BCUT2D eigenvalue weighted by Crippen LogP contribution is -2.45. The molecule has 1 aliphatic heterocycles. The SMILES string of the molecule is NC1(F)CCNCC1. The second kappa shape index (κ2) is 1.99. The van der Waals surface area contributed by atoms with Gasteiger partial charge in [-0.1, -0.05) is 0 Å². The Kier molecular flexibility index (Phi) is 1.49. The molecule has 0 saturated carbocycles. The minimum atomic E-state index is -1.38. The van der Waals surface area contributed by atoms with E-state index in [-0.39, 0.29) is 0 Å². The minimum absolute atomic E-state index is 0.451. The standard InChI is InChI=1S/C5H11FN2/c6-5(7)1-3-8-4-2-5/h8H,1-4,7H2. The molecule has 8 heavy (non-hydrogen) atoms. The third kappa shape index (κ3) is 1.42. The van der Waals surface area contributed by atoms with Crippen LogP contribution in [0.4, 0.5) is 4.39 Å². The van der Waals surface area contributed by atoms with Crippen molar-refractivity contribution in [3.8, 4) is 0 Å². The van der Waals surface area contributed by atoms with Gasteiger partial charge in [-0.25, -0.2) is 4.39 Å². The van der Waals surface area contributed by atoms with Gasteiger partial charge in [0.25, 0.3) is 0 Å². The van der Waals surface area contributed by atoms with E-state index in [9.17, 15) is 4.39 Å². The Morgan fingerprint density at radius 2 is 1.88 bits per heavy atom. The normalized spacial score (nSPS) is 27.8. The van der Waals surface area contributed by atoms with Crippen LogP contribution in [0.5, 0.6) is 0 Å². The molecular weight excluding hydrogens is 107 g/mol. The lowest BCUT2D eigenvalue weighted by atomic mass is 10.1. The van der Waals surface area contributed by atoms with Crippen LogP contribution < -0.4 is 11.1 Å². The summed E-state index contributed by atoms with van der Waals surface area (Å²) in [5.41, 5.74) is 5.17. The van der Waals surface area contributed by atoms with Gasteiger partial charge >= 0.3 is 0 Å². The number of nitrogens with two attached hydrogens (primary N) is 1. The van der Waals surface area contributed by atoms with Gasteiger partial charge in [0.15, 0.2) is 5.79 Å². The van der Waals surface area contributed by atoms with Gasteiger partial charge in [0.1, 0.15) is 0 Å². The number of hydrogen-bond acceptors (Lipinski definition) is 2. The van der Waals surface area contributed by atoms with E-state index in [1.807, 2.05) is 0 Å². The predicted molar refractivity (Wildman–Crippen MR) is 30.1 cm³/mol. The second-order valence-corrected chi connectivity index (χ2v) is 2.28. The Labute approximate surface area is 48.2 Å². The molecule has 0 aromatic heterocycles. The highest BCUT2D eigenvalue weighted by atomic mass is 19.1. The van der Waals surface area contributed by atoms with Crippen molar-refractivity contribution in [2.45, 2.75) is 18.6 Å². The zero-order valence-electron chi connectivity index (χ0n) is 4.78. The highest BCUT2D eigenvalue weighted by Gasteiger charge is 2.25. The first kappa shape index (κ1) is 5.98. The van der Waals surface area contributed by atoms with Crippen molar-refractivity contribution in [3.05, 3.63) is 0 Å². The Hall–Kier alpha value is -0.150. The van der Waals surface area contributed by atoms with E-state index in [1.165, 1.54) is 0 Å². The Balaban J connectivity index is 2.33. The van der Waals surface area contributed by atoms with Gasteiger partial charge in [-0.15, -0.1) is 0 Å². The number of alkyl halides is 1. The van der Waals surface area contributed by atoms with Crippen LogP contribution in [0.1, 0.15) is 12.8 Å². The van der Waals surface area contributed by atoms with Crippen LogP contribution in [0, 0.1) is 0 Å². The van der Waals surface area contributed by atoms with Crippen molar-refractivity contribution in [1.29, 1.82) is 0 Å². The summed E-state index contributed by atoms with van der Waals surface area (Å²) in [6, 6.07) is 0. The molecule has 3 N–H and O–H groups in total. The van der Waals surface area contributed by atoms with Gasteiger partial charge in [-0.05, 0) is 13.1 Å². The molecule has 0 atom stereocenters. The fourth-order valence-electron chi connectivity index (χ4n) is 0.842. The van der Waals surface area contributed by atoms with E-state index in [2.05, 4.69) is 5.32 Å². The van der Waals surface area contributed by atoms with Gasteiger partial charge in [-0.2, -0.15) is 0 Å². The smallest absolute Gasteiger partial charge is 0.161 e. The molecule has 1 fully saturated rings. The summed E-state index contributed by atoms with van der Waals surface area (Å²) in [4.78, 5) is 0. The molecule has 0 bridgehead atoms. The molecule has 0 aromatic carbocycles. The maximum atomic E-state index is 12.6. The quantitative estimate of drug-likeness (QED) is 0.439. The zero-order chi connectivity index (χ0) is 6.04. The lowest BCUT2D eigenvalue weighted by molar-refractivity contribution is 0.124. The number of piperidine rings is 1. The fourth-order valence-corrected chi connectivity index (χ4v) is 0.842. The summed E-state index contributed by atoms with van der Waals surface area (Å²) in [5, 5.41) is 3.02. The summed E-state index contributed by atoms with van der Waals surface area (Å²) < 4.78 is 12.6. The van der Waals surface area contributed by atoms with Crippen LogP contribution in [0.3, 0.4) is 0 Å². The molecule has 0 amide bonds. The topological polar surface area (TPSA) is 38.0 Å². The van der Waals surface area contributed by atoms with Crippen molar-refractivity contribution >= 4 is 0 Å². The molecule has 0 radical (unpaired) electrons. The monoisotopic (exact) mass is 118 g/mol. The number of rotatable bonds is 0. The van der Waals surface area contributed by atoms with E-state index < -0.39 is 5.79 Å². The molecule has 0 aliphatic carbocycles. The summed E-state index contributed by atoms with van der Waals surface area (Å²) in [7, 11) is 0. The van der Waals surface area contributed by atoms with Crippen molar-refractivity contribution in [3.63, 3.8) is 0 Å². The number of nitrogens with one attached hydrogen (secondary N) is 1. The van der Waals surface area contributed by atoms with E-state index in [4.69, 9.17) is 5.73 Å². The van der Waals surface area contributed by atoms with Crippen molar-refractivity contribution in [2.24, 2.45) is 5.73 Å². The van der Waals surface area contributed by atoms with Gasteiger partial charge in [0.05, 0.1) is 0 Å². The van der Waals surface area contributed by atoms with E-state index in [0.717, 1.165) is 0 Å². The Bertz CT molecular complexity index is 74.5. The molecule has 1 saturated heterocycles. The largest absolute Gasteiger partial charge is 0.316 e. The van der Waals surface area contributed by atoms with Crippen LogP contribution in [0.25, 0.3) is 0 Å². The molecule has 0 spiro atoms. The maximum Gasteiger partial charge on any atom is 0.161 e. The predicted octanol–water partition coefficient (Wildman–Crippen LogP) is -0.00570. The van der Waals surface area contributed by atoms with Gasteiger partial charge in [-0.3, -0.25) is 5.73 Å². The molecule has 2 nitrogen and oxygen atoms in total. The van der Waals surface area contributed by atoms with Crippen molar-refractivity contribution < 1.29 is 4.39 Å². The molecule has 3 heteroatoms. The van der Waals surface area contributed by atoms with Gasteiger partial charge in [0.2, 0.25) is 0 Å².